The molecule has 1 unspecified atom stereocenters. The molecule has 2 aromatic carbocycles. The van der Waals surface area contributed by atoms with Gasteiger partial charge in [0.15, 0.2) is 0 Å². The minimum absolute atomic E-state index is 0.143. The summed E-state index contributed by atoms with van der Waals surface area (Å²) in [4.78, 5) is 15.0. The summed E-state index contributed by atoms with van der Waals surface area (Å²) in [5, 5.41) is 0. The maximum absolute atomic E-state index is 13.2. The molecule has 5 heteroatoms. The summed E-state index contributed by atoms with van der Waals surface area (Å²) in [5.74, 6) is 1.94. The highest BCUT2D eigenvalue weighted by atomic mass is 16.5. The first-order chi connectivity index (χ1) is 13.6. The van der Waals surface area contributed by atoms with Gasteiger partial charge in [0.1, 0.15) is 22.9 Å². The van der Waals surface area contributed by atoms with Crippen LogP contribution in [0.5, 0.6) is 17.2 Å². The summed E-state index contributed by atoms with van der Waals surface area (Å²) < 4.78 is 16.4. The fraction of sp³-hybridized carbons (Fsp3) is 0.435. The minimum atomic E-state index is -0.301. The molecular weight excluding hydrogens is 354 g/mol. The van der Waals surface area contributed by atoms with E-state index in [-0.39, 0.29) is 11.3 Å². The van der Waals surface area contributed by atoms with Gasteiger partial charge in [-0.2, -0.15) is 0 Å². The predicted octanol–water partition coefficient (Wildman–Crippen LogP) is 4.48. The van der Waals surface area contributed by atoms with Crippen LogP contribution in [0.25, 0.3) is 0 Å². The van der Waals surface area contributed by atoms with E-state index in [0.717, 1.165) is 25.7 Å². The minimum Gasteiger partial charge on any atom is -0.496 e. The van der Waals surface area contributed by atoms with Gasteiger partial charge in [0.2, 0.25) is 5.91 Å². The maximum Gasteiger partial charge on any atom is 0.235 e. The van der Waals surface area contributed by atoms with Gasteiger partial charge in [0.25, 0.3) is 0 Å². The average molecular weight is 383 g/mol. The molecule has 1 heterocycles. The number of ether oxygens (including phenoxy) is 3. The monoisotopic (exact) mass is 383 g/mol. The largest absolute Gasteiger partial charge is 0.496 e. The predicted molar refractivity (Wildman–Crippen MR) is 111 cm³/mol. The quantitative estimate of drug-likeness (QED) is 0.599. The Bertz CT molecular complexity index is 796. The summed E-state index contributed by atoms with van der Waals surface area (Å²) in [6, 6.07) is 14.0. The number of hydrogen-bond donors (Lipinski definition) is 0. The molecule has 1 aliphatic heterocycles. The van der Waals surface area contributed by atoms with Crippen LogP contribution in [0.1, 0.15) is 31.7 Å². The van der Waals surface area contributed by atoms with Gasteiger partial charge in [-0.25, -0.2) is 0 Å². The second kappa shape index (κ2) is 8.55. The summed E-state index contributed by atoms with van der Waals surface area (Å²) >= 11 is 0. The Morgan fingerprint density at radius 1 is 1.00 bits per heavy atom. The first-order valence-electron chi connectivity index (χ1n) is 9.74. The molecule has 150 valence electrons. The molecule has 1 saturated heterocycles. The highest BCUT2D eigenvalue weighted by Gasteiger charge is 2.52. The SMILES string of the molecule is CCC1(CCCc2ccccc2)CN(c2c(OC)cc(OC)cc2OC)C1=O. The number of methoxy groups -OCH3 is 3. The Hall–Kier alpha value is -2.69. The molecule has 5 nitrogen and oxygen atoms in total. The molecule has 0 spiro atoms. The van der Waals surface area contributed by atoms with Gasteiger partial charge in [-0.15, -0.1) is 0 Å². The zero-order valence-electron chi connectivity index (χ0n) is 17.2. The average Bonchev–Trinajstić information content (AvgIpc) is 2.75. The van der Waals surface area contributed by atoms with Crippen molar-refractivity contribution >= 4 is 11.6 Å². The Morgan fingerprint density at radius 3 is 2.14 bits per heavy atom. The molecule has 0 saturated carbocycles. The van der Waals surface area contributed by atoms with E-state index in [4.69, 9.17) is 14.2 Å². The lowest BCUT2D eigenvalue weighted by atomic mass is 9.72. The first-order valence-corrected chi connectivity index (χ1v) is 9.74. The van der Waals surface area contributed by atoms with Gasteiger partial charge in [-0.1, -0.05) is 37.3 Å². The van der Waals surface area contributed by atoms with E-state index in [1.165, 1.54) is 5.56 Å². The highest BCUT2D eigenvalue weighted by Crippen LogP contribution is 2.50. The molecule has 0 N–H and O–H groups in total. The number of carbonyl (C=O) groups is 1. The fourth-order valence-electron chi connectivity index (χ4n) is 3.97. The Labute approximate surface area is 167 Å². The molecule has 0 aliphatic carbocycles. The van der Waals surface area contributed by atoms with Crippen LogP contribution in [0.2, 0.25) is 0 Å². The Balaban J connectivity index is 1.75. The number of nitrogens with zero attached hydrogens (tertiary/aromatic N) is 1. The molecule has 1 amide bonds. The van der Waals surface area contributed by atoms with Crippen LogP contribution in [0.3, 0.4) is 0 Å². The summed E-state index contributed by atoms with van der Waals surface area (Å²) in [6.07, 6.45) is 3.70. The van der Waals surface area contributed by atoms with E-state index >= 15 is 0 Å². The van der Waals surface area contributed by atoms with Crippen molar-refractivity contribution in [3.8, 4) is 17.2 Å². The molecule has 0 aromatic heterocycles. The number of amides is 1. The summed E-state index contributed by atoms with van der Waals surface area (Å²) in [5.41, 5.74) is 1.70. The second-order valence-electron chi connectivity index (χ2n) is 7.24. The Morgan fingerprint density at radius 2 is 1.64 bits per heavy atom. The van der Waals surface area contributed by atoms with Gasteiger partial charge in [0.05, 0.1) is 26.7 Å². The standard InChI is InChI=1S/C23H29NO4/c1-5-23(13-9-12-17-10-7-6-8-11-17)16-24(22(23)25)21-19(27-3)14-18(26-2)15-20(21)28-4/h6-8,10-11,14-15H,5,9,12-13,16H2,1-4H3. The topological polar surface area (TPSA) is 48.0 Å². The number of benzene rings is 2. The van der Waals surface area contributed by atoms with E-state index in [0.29, 0.717) is 29.5 Å². The fourth-order valence-corrected chi connectivity index (χ4v) is 3.97. The van der Waals surface area contributed by atoms with Crippen LogP contribution in [0.15, 0.2) is 42.5 Å². The van der Waals surface area contributed by atoms with E-state index in [9.17, 15) is 4.79 Å². The molecule has 28 heavy (non-hydrogen) atoms. The van der Waals surface area contributed by atoms with E-state index in [1.54, 1.807) is 38.4 Å². The van der Waals surface area contributed by atoms with Crippen molar-refractivity contribution in [2.45, 2.75) is 32.6 Å². The number of carbonyl (C=O) groups excluding carboxylic acids is 1. The Kier molecular flexibility index (Phi) is 6.12. The van der Waals surface area contributed by atoms with Crippen molar-refractivity contribution in [3.05, 3.63) is 48.0 Å². The molecule has 1 fully saturated rings. The molecule has 3 rings (SSSR count). The number of β-lactam (4-membered cyclic amide) rings is 1. The van der Waals surface area contributed by atoms with Gasteiger partial charge in [-0.3, -0.25) is 4.79 Å². The van der Waals surface area contributed by atoms with Crippen LogP contribution >= 0.6 is 0 Å². The molecule has 2 aromatic rings. The highest BCUT2D eigenvalue weighted by molar-refractivity contribution is 6.06. The van der Waals surface area contributed by atoms with Gasteiger partial charge in [-0.05, 0) is 31.2 Å². The van der Waals surface area contributed by atoms with Crippen molar-refractivity contribution in [3.63, 3.8) is 0 Å². The lowest BCUT2D eigenvalue weighted by Crippen LogP contribution is -2.61. The number of anilines is 1. The second-order valence-corrected chi connectivity index (χ2v) is 7.24. The first kappa shape index (κ1) is 20.1. The van der Waals surface area contributed by atoms with E-state index in [1.807, 2.05) is 6.07 Å². The van der Waals surface area contributed by atoms with E-state index in [2.05, 4.69) is 31.2 Å². The third-order valence-electron chi connectivity index (χ3n) is 5.76. The van der Waals surface area contributed by atoms with Crippen LogP contribution < -0.4 is 19.1 Å². The lowest BCUT2D eigenvalue weighted by Gasteiger charge is -2.49. The zero-order valence-corrected chi connectivity index (χ0v) is 17.2. The van der Waals surface area contributed by atoms with Crippen molar-refractivity contribution in [1.82, 2.24) is 0 Å². The third-order valence-corrected chi connectivity index (χ3v) is 5.76. The van der Waals surface area contributed by atoms with Crippen LogP contribution in [-0.4, -0.2) is 33.8 Å². The molecule has 1 aliphatic rings. The molecule has 1 atom stereocenters. The van der Waals surface area contributed by atoms with Crippen LogP contribution in [0.4, 0.5) is 5.69 Å². The number of rotatable bonds is 9. The molecule has 0 radical (unpaired) electrons. The zero-order chi connectivity index (χ0) is 20.1. The third kappa shape index (κ3) is 3.66. The van der Waals surface area contributed by atoms with Crippen molar-refractivity contribution < 1.29 is 19.0 Å². The molecule has 0 bridgehead atoms. The van der Waals surface area contributed by atoms with Gasteiger partial charge < -0.3 is 19.1 Å². The van der Waals surface area contributed by atoms with E-state index < -0.39 is 0 Å². The van der Waals surface area contributed by atoms with Gasteiger partial charge >= 0.3 is 0 Å². The van der Waals surface area contributed by atoms with Crippen molar-refractivity contribution in [1.29, 1.82) is 0 Å². The maximum atomic E-state index is 13.2. The number of hydrogen-bond acceptors (Lipinski definition) is 4. The molecular formula is C23H29NO4. The van der Waals surface area contributed by atoms with Crippen molar-refractivity contribution in [2.24, 2.45) is 5.41 Å². The smallest absolute Gasteiger partial charge is 0.235 e. The normalized spacial score (nSPS) is 18.6. The van der Waals surface area contributed by atoms with Crippen LogP contribution in [0, 0.1) is 5.41 Å². The van der Waals surface area contributed by atoms with Crippen molar-refractivity contribution in [2.75, 3.05) is 32.8 Å². The van der Waals surface area contributed by atoms with Gasteiger partial charge in [0, 0.05) is 18.7 Å². The summed E-state index contributed by atoms with van der Waals surface area (Å²) in [6.45, 7) is 2.77. The van der Waals surface area contributed by atoms with Crippen LogP contribution in [-0.2, 0) is 11.2 Å². The lowest BCUT2D eigenvalue weighted by molar-refractivity contribution is -0.136. The summed E-state index contributed by atoms with van der Waals surface area (Å²) in [7, 11) is 4.78. The number of aryl methyl sites for hydroxylation is 1.